The van der Waals surface area contributed by atoms with Gasteiger partial charge in [0.25, 0.3) is 0 Å². The molecule has 0 aliphatic heterocycles. The van der Waals surface area contributed by atoms with Crippen molar-refractivity contribution < 1.29 is 9.50 Å². The summed E-state index contributed by atoms with van der Waals surface area (Å²) in [5.41, 5.74) is 1.31. The fourth-order valence-corrected chi connectivity index (χ4v) is 3.18. The average molecular weight is 500 g/mol. The zero-order chi connectivity index (χ0) is 14.0. The number of hydrogen-bond donors (Lipinski definition) is 1. The van der Waals surface area contributed by atoms with Crippen LogP contribution in [0.1, 0.15) is 17.2 Å². The standard InChI is InChI=1S/C14H10Br2FIO/c15-9-3-4-13(18)11(6-9)14(19)5-8-1-2-10(16)7-12(8)17/h1-4,6-7,14,19H,5H2. The van der Waals surface area contributed by atoms with E-state index in [1.54, 1.807) is 12.1 Å². The Kier molecular flexibility index (Phi) is 5.39. The summed E-state index contributed by atoms with van der Waals surface area (Å²) in [5, 5.41) is 10.3. The van der Waals surface area contributed by atoms with E-state index in [2.05, 4.69) is 54.5 Å². The molecule has 2 aromatic rings. The molecule has 0 aliphatic rings. The molecule has 100 valence electrons. The van der Waals surface area contributed by atoms with Gasteiger partial charge in [-0.2, -0.15) is 0 Å². The summed E-state index contributed by atoms with van der Waals surface area (Å²) in [5.74, 6) is -0.307. The van der Waals surface area contributed by atoms with E-state index in [-0.39, 0.29) is 12.2 Å². The molecule has 0 saturated heterocycles. The summed E-state index contributed by atoms with van der Waals surface area (Å²) in [6.07, 6.45) is -0.467. The lowest BCUT2D eigenvalue weighted by atomic mass is 10.0. The Labute approximate surface area is 141 Å². The SMILES string of the molecule is OC(Cc1ccc(Br)cc1F)c1cc(Br)ccc1I. The van der Waals surface area contributed by atoms with Crippen LogP contribution >= 0.6 is 54.5 Å². The van der Waals surface area contributed by atoms with Crippen molar-refractivity contribution in [2.45, 2.75) is 12.5 Å². The molecule has 0 aliphatic carbocycles. The van der Waals surface area contributed by atoms with Crippen LogP contribution in [0.25, 0.3) is 0 Å². The van der Waals surface area contributed by atoms with Crippen molar-refractivity contribution in [3.8, 4) is 0 Å². The highest BCUT2D eigenvalue weighted by Gasteiger charge is 2.15. The zero-order valence-corrected chi connectivity index (χ0v) is 15.0. The van der Waals surface area contributed by atoms with E-state index in [0.29, 0.717) is 10.0 Å². The van der Waals surface area contributed by atoms with Crippen LogP contribution in [-0.2, 0) is 6.42 Å². The monoisotopic (exact) mass is 498 g/mol. The maximum absolute atomic E-state index is 13.8. The van der Waals surface area contributed by atoms with Crippen molar-refractivity contribution in [2.75, 3.05) is 0 Å². The predicted molar refractivity (Wildman–Crippen MR) is 89.6 cm³/mol. The third kappa shape index (κ3) is 4.00. The first-order valence-corrected chi connectivity index (χ1v) is 8.21. The molecule has 0 fully saturated rings. The van der Waals surface area contributed by atoms with Crippen molar-refractivity contribution >= 4 is 54.5 Å². The first-order chi connectivity index (χ1) is 8.97. The smallest absolute Gasteiger partial charge is 0.127 e. The van der Waals surface area contributed by atoms with Crippen LogP contribution in [-0.4, -0.2) is 5.11 Å². The maximum Gasteiger partial charge on any atom is 0.127 e. The van der Waals surface area contributed by atoms with Crippen molar-refractivity contribution in [3.05, 3.63) is 65.9 Å². The van der Waals surface area contributed by atoms with E-state index in [1.807, 2.05) is 18.2 Å². The van der Waals surface area contributed by atoms with Gasteiger partial charge >= 0.3 is 0 Å². The molecule has 2 aromatic carbocycles. The highest BCUT2D eigenvalue weighted by atomic mass is 127. The molecular weight excluding hydrogens is 490 g/mol. The molecule has 19 heavy (non-hydrogen) atoms. The Balaban J connectivity index is 2.25. The first kappa shape index (κ1) is 15.4. The van der Waals surface area contributed by atoms with Gasteiger partial charge in [-0.05, 0) is 64.0 Å². The highest BCUT2D eigenvalue weighted by Crippen LogP contribution is 2.27. The lowest BCUT2D eigenvalue weighted by Gasteiger charge is -2.14. The average Bonchev–Trinajstić information content (AvgIpc) is 2.35. The molecule has 0 saturated carbocycles. The number of benzene rings is 2. The van der Waals surface area contributed by atoms with E-state index in [0.717, 1.165) is 13.6 Å². The number of halogens is 4. The fourth-order valence-electron chi connectivity index (χ4n) is 1.78. The van der Waals surface area contributed by atoms with Crippen molar-refractivity contribution in [2.24, 2.45) is 0 Å². The van der Waals surface area contributed by atoms with E-state index < -0.39 is 6.10 Å². The minimum absolute atomic E-state index is 0.256. The minimum Gasteiger partial charge on any atom is -0.388 e. The van der Waals surface area contributed by atoms with Gasteiger partial charge < -0.3 is 5.11 Å². The van der Waals surface area contributed by atoms with Gasteiger partial charge in [-0.3, -0.25) is 0 Å². The number of hydrogen-bond acceptors (Lipinski definition) is 1. The largest absolute Gasteiger partial charge is 0.388 e. The third-order valence-electron chi connectivity index (χ3n) is 2.75. The minimum atomic E-state index is -0.722. The second-order valence-electron chi connectivity index (χ2n) is 4.12. The van der Waals surface area contributed by atoms with Crippen molar-refractivity contribution in [1.29, 1.82) is 0 Å². The van der Waals surface area contributed by atoms with Crippen molar-refractivity contribution in [1.82, 2.24) is 0 Å². The topological polar surface area (TPSA) is 20.2 Å². The Morgan fingerprint density at radius 3 is 2.42 bits per heavy atom. The molecule has 0 heterocycles. The Hall–Kier alpha value is 0.0200. The molecule has 5 heteroatoms. The summed E-state index contributed by atoms with van der Waals surface area (Å²) in [6, 6.07) is 10.6. The number of rotatable bonds is 3. The molecule has 1 unspecified atom stereocenters. The third-order valence-corrected chi connectivity index (χ3v) is 4.71. The molecule has 0 radical (unpaired) electrons. The van der Waals surface area contributed by atoms with Crippen molar-refractivity contribution in [3.63, 3.8) is 0 Å². The second-order valence-corrected chi connectivity index (χ2v) is 7.12. The molecular formula is C14H10Br2FIO. The molecule has 1 atom stereocenters. The summed E-state index contributed by atoms with van der Waals surface area (Å²) in [4.78, 5) is 0. The van der Waals surface area contributed by atoms with Gasteiger partial charge in [0.15, 0.2) is 0 Å². The normalized spacial score (nSPS) is 12.5. The van der Waals surface area contributed by atoms with Gasteiger partial charge in [0, 0.05) is 18.9 Å². The van der Waals surface area contributed by atoms with Crippen LogP contribution in [0.15, 0.2) is 45.3 Å². The first-order valence-electron chi connectivity index (χ1n) is 5.54. The van der Waals surface area contributed by atoms with Gasteiger partial charge in [0.2, 0.25) is 0 Å². The van der Waals surface area contributed by atoms with Crippen LogP contribution in [0.5, 0.6) is 0 Å². The molecule has 1 nitrogen and oxygen atoms in total. The zero-order valence-electron chi connectivity index (χ0n) is 9.71. The molecule has 1 N–H and O–H groups in total. The fraction of sp³-hybridized carbons (Fsp3) is 0.143. The summed E-state index contributed by atoms with van der Waals surface area (Å²) in [6.45, 7) is 0. The van der Waals surface area contributed by atoms with Crippen LogP contribution < -0.4 is 0 Å². The summed E-state index contributed by atoms with van der Waals surface area (Å²) < 4.78 is 16.3. The molecule has 0 bridgehead atoms. The molecule has 2 rings (SSSR count). The number of aliphatic hydroxyl groups excluding tert-OH is 1. The summed E-state index contributed by atoms with van der Waals surface area (Å²) >= 11 is 8.76. The van der Waals surface area contributed by atoms with E-state index in [9.17, 15) is 9.50 Å². The molecule has 0 spiro atoms. The maximum atomic E-state index is 13.8. The Morgan fingerprint density at radius 2 is 1.74 bits per heavy atom. The lowest BCUT2D eigenvalue weighted by molar-refractivity contribution is 0.176. The van der Waals surface area contributed by atoms with Crippen LogP contribution in [0.3, 0.4) is 0 Å². The van der Waals surface area contributed by atoms with Crippen LogP contribution in [0.4, 0.5) is 4.39 Å². The lowest BCUT2D eigenvalue weighted by Crippen LogP contribution is -2.05. The quantitative estimate of drug-likeness (QED) is 0.573. The molecule has 0 aromatic heterocycles. The van der Waals surface area contributed by atoms with E-state index >= 15 is 0 Å². The van der Waals surface area contributed by atoms with Crippen LogP contribution in [0, 0.1) is 9.39 Å². The van der Waals surface area contributed by atoms with Gasteiger partial charge in [0.05, 0.1) is 6.10 Å². The number of aliphatic hydroxyl groups is 1. The van der Waals surface area contributed by atoms with Gasteiger partial charge in [0.1, 0.15) is 5.82 Å². The van der Waals surface area contributed by atoms with Gasteiger partial charge in [-0.25, -0.2) is 4.39 Å². The van der Waals surface area contributed by atoms with Gasteiger partial charge in [-0.15, -0.1) is 0 Å². The van der Waals surface area contributed by atoms with Crippen LogP contribution in [0.2, 0.25) is 0 Å². The Bertz CT molecular complexity index is 604. The second kappa shape index (κ2) is 6.65. The summed E-state index contributed by atoms with van der Waals surface area (Å²) in [7, 11) is 0. The van der Waals surface area contributed by atoms with E-state index in [4.69, 9.17) is 0 Å². The predicted octanol–water partition coefficient (Wildman–Crippen LogP) is 5.23. The molecule has 0 amide bonds. The highest BCUT2D eigenvalue weighted by molar-refractivity contribution is 14.1. The Morgan fingerprint density at radius 1 is 1.11 bits per heavy atom. The van der Waals surface area contributed by atoms with E-state index in [1.165, 1.54) is 6.07 Å². The van der Waals surface area contributed by atoms with Gasteiger partial charge in [-0.1, -0.05) is 37.9 Å².